The topological polar surface area (TPSA) is 398 Å². The molecule has 0 aromatic rings. The maximum Gasteiger partial charge on any atom is 0.328 e. The summed E-state index contributed by atoms with van der Waals surface area (Å²) in [6.45, 7) is 3.07. The van der Waals surface area contributed by atoms with Gasteiger partial charge in [0.15, 0.2) is 11.6 Å². The van der Waals surface area contributed by atoms with Gasteiger partial charge in [0.25, 0.3) is 0 Å². The van der Waals surface area contributed by atoms with Crippen LogP contribution in [0.25, 0.3) is 0 Å². The number of carboxylic acids is 5. The van der Waals surface area contributed by atoms with E-state index in [1.54, 1.807) is 19.4 Å². The van der Waals surface area contributed by atoms with Crippen LogP contribution in [0.1, 0.15) is 53.4 Å². The smallest absolute Gasteiger partial charge is 0.328 e. The summed E-state index contributed by atoms with van der Waals surface area (Å²) >= 11 is 2.40. The van der Waals surface area contributed by atoms with Gasteiger partial charge in [-0.1, -0.05) is 21.3 Å². The van der Waals surface area contributed by atoms with E-state index in [-0.39, 0.29) is 80.2 Å². The first-order chi connectivity index (χ1) is 26.8. The molecule has 0 heterocycles. The van der Waals surface area contributed by atoms with E-state index in [0.29, 0.717) is 0 Å². The minimum absolute atomic E-state index is 0. The van der Waals surface area contributed by atoms with E-state index in [4.69, 9.17) is 25.5 Å². The van der Waals surface area contributed by atoms with Crippen molar-refractivity contribution in [2.45, 2.75) is 63.9 Å². The highest BCUT2D eigenvalue weighted by Crippen LogP contribution is 2.11. The molecule has 4 atom stereocenters. The summed E-state index contributed by atoms with van der Waals surface area (Å²) in [7, 11) is 7.38. The molecule has 0 spiro atoms. The van der Waals surface area contributed by atoms with E-state index in [0.717, 1.165) is 23.9 Å². The molecule has 0 radical (unpaired) electrons. The van der Waals surface area contributed by atoms with Crippen molar-refractivity contribution in [1.82, 2.24) is 26.6 Å². The summed E-state index contributed by atoms with van der Waals surface area (Å²) in [6.07, 6.45) is 7.65. The number of hydrogen-bond donors (Lipinski definition) is 10. The van der Waals surface area contributed by atoms with E-state index in [1.807, 2.05) is 0 Å². The van der Waals surface area contributed by atoms with Crippen LogP contribution in [-0.2, 0) is 57.5 Å². The molecule has 25 heteroatoms. The lowest BCUT2D eigenvalue weighted by Crippen LogP contribution is -2.31. The van der Waals surface area contributed by atoms with Gasteiger partial charge in [-0.15, -0.1) is 11.8 Å². The van der Waals surface area contributed by atoms with Crippen LogP contribution in [0.5, 0.6) is 0 Å². The molecule has 60 heavy (non-hydrogen) atoms. The number of rotatable bonds is 16. The van der Waals surface area contributed by atoms with Gasteiger partial charge in [0.1, 0.15) is 5.25 Å². The molecule has 0 aliphatic heterocycles. The van der Waals surface area contributed by atoms with Gasteiger partial charge >= 0.3 is 29.8 Å². The van der Waals surface area contributed by atoms with Gasteiger partial charge in [0.05, 0.1) is 30.4 Å². The zero-order chi connectivity index (χ0) is 46.6. The van der Waals surface area contributed by atoms with Crippen LogP contribution >= 0.6 is 23.5 Å². The molecular formula is C35H61N5O18S2. The summed E-state index contributed by atoms with van der Waals surface area (Å²) in [5.74, 6) is -7.48. The predicted molar refractivity (Wildman–Crippen MR) is 223 cm³/mol. The Morgan fingerprint density at radius 1 is 0.583 bits per heavy atom. The van der Waals surface area contributed by atoms with Gasteiger partial charge < -0.3 is 57.6 Å². The Morgan fingerprint density at radius 2 is 1.00 bits per heavy atom. The number of likely N-dealkylation sites (N-methyl/N-ethyl adjacent to an activating group) is 1. The SMILES string of the molecule is C.CNC(=O)/C=C\C(=O)O.CNC(=O)C(C)CC(=O)O.CNC(=O)C(CC(=O)O)SC.CNC(=O)CC(C)C(=O)O.CNC(=O)CC(SC)C(=O)O.O.O=C1C=CC(=O)C1. The maximum absolute atomic E-state index is 10.9. The summed E-state index contributed by atoms with van der Waals surface area (Å²) in [4.78, 5) is 124. The summed E-state index contributed by atoms with van der Waals surface area (Å²) in [5, 5.41) is 52.1. The molecule has 1 rings (SSSR count). The Bertz CT molecular complexity index is 1440. The Labute approximate surface area is 356 Å². The van der Waals surface area contributed by atoms with E-state index >= 15 is 0 Å². The fourth-order valence-corrected chi connectivity index (χ4v) is 4.08. The Morgan fingerprint density at radius 3 is 1.27 bits per heavy atom. The molecule has 346 valence electrons. The predicted octanol–water partition coefficient (Wildman–Crippen LogP) is -1.17. The second-order valence-electron chi connectivity index (χ2n) is 10.8. The van der Waals surface area contributed by atoms with Crippen molar-refractivity contribution in [2.24, 2.45) is 11.8 Å². The molecular weight excluding hydrogens is 843 g/mol. The average molecular weight is 904 g/mol. The molecule has 12 N–H and O–H groups in total. The number of carboxylic acid groups (broad SMARTS) is 5. The fraction of sp³-hybridized carbons (Fsp3) is 0.543. The number of ketones is 2. The zero-order valence-electron chi connectivity index (χ0n) is 34.1. The number of thioether (sulfide) groups is 2. The van der Waals surface area contributed by atoms with Crippen molar-refractivity contribution >= 4 is 94.5 Å². The first-order valence-electron chi connectivity index (χ1n) is 16.5. The van der Waals surface area contributed by atoms with E-state index in [1.165, 1.54) is 66.1 Å². The molecule has 0 bridgehead atoms. The molecule has 4 unspecified atom stereocenters. The molecule has 0 aromatic heterocycles. The molecule has 23 nitrogen and oxygen atoms in total. The number of nitrogens with one attached hydrogen (secondary N) is 5. The third-order valence-corrected chi connectivity index (χ3v) is 8.07. The van der Waals surface area contributed by atoms with Gasteiger partial charge in [0, 0.05) is 66.1 Å². The molecule has 0 aromatic carbocycles. The number of carbonyl (C=O) groups excluding carboxylic acids is 7. The normalized spacial score (nSPS) is 12.2. The van der Waals surface area contributed by atoms with Crippen LogP contribution in [0, 0.1) is 11.8 Å². The first-order valence-corrected chi connectivity index (χ1v) is 19.1. The summed E-state index contributed by atoms with van der Waals surface area (Å²) < 4.78 is 0. The fourth-order valence-electron chi connectivity index (χ4n) is 2.92. The van der Waals surface area contributed by atoms with Gasteiger partial charge in [-0.05, 0) is 24.7 Å². The van der Waals surface area contributed by atoms with Crippen LogP contribution in [0.3, 0.4) is 0 Å². The number of allylic oxidation sites excluding steroid dienone is 2. The molecule has 0 fully saturated rings. The standard InChI is InChI=1S/2C6H11NO3S.2C6H11NO3.C5H7NO3.C5H4O2.CH4.H2O/c1-7-6(10)4(11-2)3-5(8)9;1-7-5(8)3-4(11-2)6(9)10;1-4(3-5(8)9)6(10)7-2;1-4(6(9)10)3-5(8)7-2;1-6-4(7)2-3-5(8)9;6-4-1-2-5(7)3-4;;/h4H,3H2,1-2H3,(H,7,10)(H,8,9);4H,3H2,1-2H3,(H,7,8)(H,9,10);4H,3H2,1-2H3,(H,7,10)(H,8,9);4H,3H2,1-2H3,(H,7,8)(H,9,10);2-3H,1H3,(H,6,7)(H,8,9);1-2H,3H2;1H4;1H2/b;;;;3-2-;;;. The maximum atomic E-state index is 10.9. The van der Waals surface area contributed by atoms with E-state index < -0.39 is 58.1 Å². The van der Waals surface area contributed by atoms with Gasteiger partial charge in [-0.2, -0.15) is 11.8 Å². The van der Waals surface area contributed by atoms with Gasteiger partial charge in [-0.3, -0.25) is 52.7 Å². The second kappa shape index (κ2) is 42.8. The zero-order valence-corrected chi connectivity index (χ0v) is 35.7. The molecule has 0 saturated carbocycles. The Balaban J connectivity index is -0.000000112. The first kappa shape index (κ1) is 68.8. The third-order valence-electron chi connectivity index (χ3n) is 6.19. The molecule has 5 amide bonds. The lowest BCUT2D eigenvalue weighted by molar-refractivity contribution is -0.143. The number of aliphatic carboxylic acids is 5. The van der Waals surface area contributed by atoms with E-state index in [2.05, 4.69) is 26.6 Å². The molecule has 0 saturated heterocycles. The lowest BCUT2D eigenvalue weighted by atomic mass is 10.1. The summed E-state index contributed by atoms with van der Waals surface area (Å²) in [6, 6.07) is 0. The van der Waals surface area contributed by atoms with Crippen LogP contribution in [0.4, 0.5) is 0 Å². The minimum atomic E-state index is -1.13. The van der Waals surface area contributed by atoms with Crippen molar-refractivity contribution < 1.29 is 88.5 Å². The highest BCUT2D eigenvalue weighted by molar-refractivity contribution is 8.00. The van der Waals surface area contributed by atoms with Crippen LogP contribution < -0.4 is 26.6 Å². The second-order valence-corrected chi connectivity index (χ2v) is 12.9. The summed E-state index contributed by atoms with van der Waals surface area (Å²) in [5.41, 5.74) is 0. The van der Waals surface area contributed by atoms with Gasteiger partial charge in [0.2, 0.25) is 29.5 Å². The largest absolute Gasteiger partial charge is 0.481 e. The lowest BCUT2D eigenvalue weighted by Gasteiger charge is -2.08. The van der Waals surface area contributed by atoms with Crippen LogP contribution in [0.15, 0.2) is 24.3 Å². The van der Waals surface area contributed by atoms with Crippen molar-refractivity contribution in [3.63, 3.8) is 0 Å². The molecule has 1 aliphatic rings. The number of carbonyl (C=O) groups is 12. The highest BCUT2D eigenvalue weighted by atomic mass is 32.2. The number of hydrogen-bond acceptors (Lipinski definition) is 14. The van der Waals surface area contributed by atoms with Crippen molar-refractivity contribution in [3.05, 3.63) is 24.3 Å². The Hall–Kier alpha value is -5.82. The number of amides is 5. The highest BCUT2D eigenvalue weighted by Gasteiger charge is 2.20. The van der Waals surface area contributed by atoms with Crippen molar-refractivity contribution in [3.8, 4) is 0 Å². The quantitative estimate of drug-likeness (QED) is 0.0644. The molecule has 1 aliphatic carbocycles. The van der Waals surface area contributed by atoms with Crippen molar-refractivity contribution in [2.75, 3.05) is 47.7 Å². The van der Waals surface area contributed by atoms with E-state index in [9.17, 15) is 57.5 Å². The Kier molecular flexibility index (Phi) is 49.1. The monoisotopic (exact) mass is 903 g/mol. The third kappa shape index (κ3) is 46.6. The van der Waals surface area contributed by atoms with Crippen molar-refractivity contribution in [1.29, 1.82) is 0 Å². The van der Waals surface area contributed by atoms with Crippen LogP contribution in [0.2, 0.25) is 0 Å². The minimum Gasteiger partial charge on any atom is -0.481 e. The van der Waals surface area contributed by atoms with Gasteiger partial charge in [-0.25, -0.2) is 4.79 Å². The average Bonchev–Trinajstić information content (AvgIpc) is 3.56. The van der Waals surface area contributed by atoms with Crippen LogP contribution in [-0.4, -0.2) is 160 Å².